The van der Waals surface area contributed by atoms with Crippen molar-refractivity contribution in [2.75, 3.05) is 0 Å². The van der Waals surface area contributed by atoms with Gasteiger partial charge in [0, 0.05) is 5.57 Å². The Labute approximate surface area is 92.4 Å². The Morgan fingerprint density at radius 1 is 1.33 bits per heavy atom. The molecular weight excluding hydrogens is 188 g/mol. The second-order valence-corrected chi connectivity index (χ2v) is 4.52. The summed E-state index contributed by atoms with van der Waals surface area (Å²) in [6, 6.07) is 0. The third-order valence-corrected chi connectivity index (χ3v) is 3.41. The van der Waals surface area contributed by atoms with Gasteiger partial charge in [0.25, 0.3) is 0 Å². The van der Waals surface area contributed by atoms with Gasteiger partial charge in [-0.2, -0.15) is 0 Å². The van der Waals surface area contributed by atoms with E-state index in [9.17, 15) is 4.79 Å². The quantitative estimate of drug-likeness (QED) is 0.701. The number of aliphatic carboxylic acids is 1. The van der Waals surface area contributed by atoms with Crippen LogP contribution in [0.1, 0.15) is 58.3 Å². The summed E-state index contributed by atoms with van der Waals surface area (Å²) in [6.07, 6.45) is 11.6. The van der Waals surface area contributed by atoms with E-state index in [1.165, 1.54) is 38.5 Å². The molecule has 0 spiro atoms. The second-order valence-electron chi connectivity index (χ2n) is 4.52. The Morgan fingerprint density at radius 2 is 2.00 bits per heavy atom. The third kappa shape index (κ3) is 4.50. The van der Waals surface area contributed by atoms with E-state index in [2.05, 4.69) is 0 Å². The molecule has 0 heterocycles. The Morgan fingerprint density at radius 3 is 2.53 bits per heavy atom. The zero-order chi connectivity index (χ0) is 11.1. The number of allylic oxidation sites excluding steroid dienone is 1. The van der Waals surface area contributed by atoms with Crippen LogP contribution in [0, 0.1) is 5.92 Å². The number of hydrogen-bond acceptors (Lipinski definition) is 1. The van der Waals surface area contributed by atoms with Crippen LogP contribution in [0.25, 0.3) is 0 Å². The van der Waals surface area contributed by atoms with Crippen molar-refractivity contribution in [3.63, 3.8) is 0 Å². The fourth-order valence-corrected chi connectivity index (χ4v) is 2.43. The molecule has 0 unspecified atom stereocenters. The van der Waals surface area contributed by atoms with E-state index in [-0.39, 0.29) is 0 Å². The first kappa shape index (κ1) is 12.3. The molecule has 1 aliphatic carbocycles. The fraction of sp³-hybridized carbons (Fsp3) is 0.769. The van der Waals surface area contributed by atoms with Crippen LogP contribution >= 0.6 is 0 Å². The molecule has 0 atom stereocenters. The summed E-state index contributed by atoms with van der Waals surface area (Å²) in [6.45, 7) is 1.81. The number of carboxylic acids is 1. The van der Waals surface area contributed by atoms with E-state index in [1.54, 1.807) is 6.08 Å². The van der Waals surface area contributed by atoms with Gasteiger partial charge >= 0.3 is 5.97 Å². The first-order valence-electron chi connectivity index (χ1n) is 6.12. The molecule has 86 valence electrons. The lowest BCUT2D eigenvalue weighted by atomic mass is 9.85. The summed E-state index contributed by atoms with van der Waals surface area (Å²) in [5.41, 5.74) is 0.575. The molecule has 0 aromatic heterocycles. The monoisotopic (exact) mass is 210 g/mol. The van der Waals surface area contributed by atoms with Gasteiger partial charge in [-0.15, -0.1) is 0 Å². The first-order valence-corrected chi connectivity index (χ1v) is 6.12. The molecule has 1 rings (SSSR count). The molecule has 2 heteroatoms. The molecule has 0 aromatic rings. The molecule has 0 saturated heterocycles. The molecular formula is C13H22O2. The molecule has 2 nitrogen and oxygen atoms in total. The van der Waals surface area contributed by atoms with E-state index in [4.69, 9.17) is 5.11 Å². The lowest BCUT2D eigenvalue weighted by Gasteiger charge is -2.21. The molecule has 0 aromatic carbocycles. The van der Waals surface area contributed by atoms with Gasteiger partial charge in [0.15, 0.2) is 0 Å². The summed E-state index contributed by atoms with van der Waals surface area (Å²) in [5.74, 6) is 0.117. The molecule has 1 saturated carbocycles. The van der Waals surface area contributed by atoms with Crippen LogP contribution < -0.4 is 0 Å². The van der Waals surface area contributed by atoms with Crippen LogP contribution in [0.2, 0.25) is 0 Å². The molecule has 1 fully saturated rings. The molecule has 1 aliphatic rings. The second kappa shape index (κ2) is 6.65. The maximum Gasteiger partial charge on any atom is 0.331 e. The van der Waals surface area contributed by atoms with Crippen LogP contribution in [0.15, 0.2) is 11.6 Å². The van der Waals surface area contributed by atoms with Crippen molar-refractivity contribution in [2.24, 2.45) is 5.92 Å². The SMILES string of the molecule is CC=C(CCCC1CCCCC1)C(=O)O. The Bertz CT molecular complexity index is 225. The van der Waals surface area contributed by atoms with Gasteiger partial charge in [0.2, 0.25) is 0 Å². The number of hydrogen-bond donors (Lipinski definition) is 1. The third-order valence-electron chi connectivity index (χ3n) is 3.41. The van der Waals surface area contributed by atoms with Gasteiger partial charge in [-0.3, -0.25) is 0 Å². The summed E-state index contributed by atoms with van der Waals surface area (Å²) < 4.78 is 0. The molecule has 15 heavy (non-hydrogen) atoms. The number of carboxylic acid groups (broad SMARTS) is 1. The average molecular weight is 210 g/mol. The van der Waals surface area contributed by atoms with Crippen LogP contribution in [-0.4, -0.2) is 11.1 Å². The van der Waals surface area contributed by atoms with Crippen molar-refractivity contribution in [1.82, 2.24) is 0 Å². The number of rotatable bonds is 5. The van der Waals surface area contributed by atoms with Gasteiger partial charge in [-0.05, 0) is 25.7 Å². The van der Waals surface area contributed by atoms with Crippen molar-refractivity contribution in [3.8, 4) is 0 Å². The van der Waals surface area contributed by atoms with Gasteiger partial charge in [-0.1, -0.05) is 44.6 Å². The highest BCUT2D eigenvalue weighted by molar-refractivity contribution is 5.86. The van der Waals surface area contributed by atoms with E-state index >= 15 is 0 Å². The minimum absolute atomic E-state index is 0.575. The summed E-state index contributed by atoms with van der Waals surface area (Å²) in [4.78, 5) is 10.7. The number of carbonyl (C=O) groups is 1. The lowest BCUT2D eigenvalue weighted by molar-refractivity contribution is -0.132. The lowest BCUT2D eigenvalue weighted by Crippen LogP contribution is -2.07. The predicted octanol–water partition coefficient (Wildman–Crippen LogP) is 3.77. The van der Waals surface area contributed by atoms with Gasteiger partial charge in [-0.25, -0.2) is 4.79 Å². The van der Waals surface area contributed by atoms with Crippen LogP contribution in [0.5, 0.6) is 0 Å². The van der Waals surface area contributed by atoms with Crippen molar-refractivity contribution >= 4 is 5.97 Å². The van der Waals surface area contributed by atoms with Gasteiger partial charge in [0.1, 0.15) is 0 Å². The highest BCUT2D eigenvalue weighted by Crippen LogP contribution is 2.28. The maximum absolute atomic E-state index is 10.7. The van der Waals surface area contributed by atoms with Crippen molar-refractivity contribution in [3.05, 3.63) is 11.6 Å². The van der Waals surface area contributed by atoms with E-state index < -0.39 is 5.97 Å². The van der Waals surface area contributed by atoms with Gasteiger partial charge in [0.05, 0.1) is 0 Å². The standard InChI is InChI=1S/C13H22O2/c1-2-12(13(14)15)10-6-9-11-7-4-3-5-8-11/h2,11H,3-10H2,1H3,(H,14,15). The van der Waals surface area contributed by atoms with E-state index in [0.717, 1.165) is 18.8 Å². The summed E-state index contributed by atoms with van der Waals surface area (Å²) in [5, 5.41) is 8.84. The van der Waals surface area contributed by atoms with Gasteiger partial charge < -0.3 is 5.11 Å². The Balaban J connectivity index is 2.17. The fourth-order valence-electron chi connectivity index (χ4n) is 2.43. The smallest absolute Gasteiger partial charge is 0.331 e. The highest BCUT2D eigenvalue weighted by atomic mass is 16.4. The first-order chi connectivity index (χ1) is 7.24. The van der Waals surface area contributed by atoms with E-state index in [0.29, 0.717) is 5.57 Å². The van der Waals surface area contributed by atoms with Crippen LogP contribution in [-0.2, 0) is 4.79 Å². The highest BCUT2D eigenvalue weighted by Gasteiger charge is 2.13. The molecule has 0 amide bonds. The van der Waals surface area contributed by atoms with Crippen molar-refractivity contribution < 1.29 is 9.90 Å². The molecule has 0 radical (unpaired) electrons. The minimum Gasteiger partial charge on any atom is -0.478 e. The summed E-state index contributed by atoms with van der Waals surface area (Å²) in [7, 11) is 0. The zero-order valence-electron chi connectivity index (χ0n) is 9.67. The Hall–Kier alpha value is -0.790. The molecule has 0 aliphatic heterocycles. The van der Waals surface area contributed by atoms with Crippen LogP contribution in [0.3, 0.4) is 0 Å². The van der Waals surface area contributed by atoms with Crippen molar-refractivity contribution in [1.29, 1.82) is 0 Å². The predicted molar refractivity (Wildman–Crippen MR) is 61.8 cm³/mol. The summed E-state index contributed by atoms with van der Waals surface area (Å²) >= 11 is 0. The minimum atomic E-state index is -0.749. The van der Waals surface area contributed by atoms with E-state index in [1.807, 2.05) is 6.92 Å². The molecule has 0 bridgehead atoms. The Kier molecular flexibility index (Phi) is 5.44. The van der Waals surface area contributed by atoms with Crippen molar-refractivity contribution in [2.45, 2.75) is 58.3 Å². The maximum atomic E-state index is 10.7. The zero-order valence-corrected chi connectivity index (χ0v) is 9.67. The average Bonchev–Trinajstić information content (AvgIpc) is 2.25. The molecule has 1 N–H and O–H groups in total. The largest absolute Gasteiger partial charge is 0.478 e. The van der Waals surface area contributed by atoms with Crippen LogP contribution in [0.4, 0.5) is 0 Å². The topological polar surface area (TPSA) is 37.3 Å². The normalized spacial score (nSPS) is 19.1.